The van der Waals surface area contributed by atoms with Crippen molar-refractivity contribution in [2.45, 2.75) is 6.10 Å². The largest absolute Gasteiger partial charge is 0.368 e. The summed E-state index contributed by atoms with van der Waals surface area (Å²) in [5.41, 5.74) is 1.33. The predicted octanol–water partition coefficient (Wildman–Crippen LogP) is 4.06. The Labute approximate surface area is 99.6 Å². The third-order valence-electron chi connectivity index (χ3n) is 3.50. The Balaban J connectivity index is 2.16. The number of benzene rings is 3. The van der Waals surface area contributed by atoms with Gasteiger partial charge in [0.25, 0.3) is 0 Å². The van der Waals surface area contributed by atoms with E-state index in [-0.39, 0.29) is 0 Å². The SMILES string of the molecule is c1ccc2c(c1)ccc1c([C@@H]3CO3)cccc12. The molecule has 1 nitrogen and oxygen atoms in total. The van der Waals surface area contributed by atoms with E-state index in [1.165, 1.54) is 27.1 Å². The summed E-state index contributed by atoms with van der Waals surface area (Å²) in [5.74, 6) is 0. The van der Waals surface area contributed by atoms with Crippen LogP contribution >= 0.6 is 0 Å². The number of ether oxygens (including phenoxy) is 1. The third-order valence-corrected chi connectivity index (χ3v) is 3.50. The van der Waals surface area contributed by atoms with Gasteiger partial charge in [-0.25, -0.2) is 0 Å². The Kier molecular flexibility index (Phi) is 1.79. The van der Waals surface area contributed by atoms with Crippen LogP contribution in [-0.4, -0.2) is 6.61 Å². The van der Waals surface area contributed by atoms with Crippen molar-refractivity contribution in [3.05, 3.63) is 60.2 Å². The van der Waals surface area contributed by atoms with Crippen LogP contribution in [0.2, 0.25) is 0 Å². The maximum atomic E-state index is 5.41. The van der Waals surface area contributed by atoms with Gasteiger partial charge in [0.1, 0.15) is 6.10 Å². The van der Waals surface area contributed by atoms with E-state index < -0.39 is 0 Å². The average Bonchev–Trinajstić information content (AvgIpc) is 3.22. The van der Waals surface area contributed by atoms with Gasteiger partial charge in [-0.2, -0.15) is 0 Å². The first kappa shape index (κ1) is 9.20. The topological polar surface area (TPSA) is 12.5 Å². The second-order valence-electron chi connectivity index (χ2n) is 4.55. The van der Waals surface area contributed by atoms with E-state index in [9.17, 15) is 0 Å². The highest BCUT2D eigenvalue weighted by Crippen LogP contribution is 2.36. The standard InChI is InChI=1S/C16H12O/c1-2-5-12-11(4-1)8-9-14-13(12)6-3-7-15(14)16-10-17-16/h1-9,16H,10H2/t16-/m0/s1. The van der Waals surface area contributed by atoms with Crippen molar-refractivity contribution in [2.75, 3.05) is 6.61 Å². The second kappa shape index (κ2) is 3.31. The molecule has 1 aliphatic rings. The molecule has 1 fully saturated rings. The van der Waals surface area contributed by atoms with Gasteiger partial charge >= 0.3 is 0 Å². The minimum absolute atomic E-state index is 0.319. The lowest BCUT2D eigenvalue weighted by atomic mass is 9.97. The molecule has 1 saturated heterocycles. The lowest BCUT2D eigenvalue weighted by molar-refractivity contribution is 0.417. The molecular formula is C16H12O. The molecule has 1 aliphatic heterocycles. The third kappa shape index (κ3) is 1.36. The van der Waals surface area contributed by atoms with Crippen molar-refractivity contribution in [1.82, 2.24) is 0 Å². The fraction of sp³-hybridized carbons (Fsp3) is 0.125. The predicted molar refractivity (Wildman–Crippen MR) is 70.1 cm³/mol. The zero-order valence-electron chi connectivity index (χ0n) is 9.39. The van der Waals surface area contributed by atoms with Crippen molar-refractivity contribution >= 4 is 21.5 Å². The van der Waals surface area contributed by atoms with Gasteiger partial charge in [0.05, 0.1) is 6.61 Å². The van der Waals surface area contributed by atoms with Gasteiger partial charge in [-0.1, -0.05) is 54.6 Å². The van der Waals surface area contributed by atoms with E-state index in [0.717, 1.165) is 6.61 Å². The molecule has 0 aliphatic carbocycles. The summed E-state index contributed by atoms with van der Waals surface area (Å²) >= 11 is 0. The summed E-state index contributed by atoms with van der Waals surface area (Å²) in [6, 6.07) is 19.5. The highest BCUT2D eigenvalue weighted by molar-refractivity contribution is 6.08. The normalized spacial score (nSPS) is 18.7. The summed E-state index contributed by atoms with van der Waals surface area (Å²) < 4.78 is 5.41. The Morgan fingerprint density at radius 1 is 0.765 bits per heavy atom. The molecule has 1 heterocycles. The van der Waals surface area contributed by atoms with E-state index in [2.05, 4.69) is 54.6 Å². The van der Waals surface area contributed by atoms with E-state index in [1.807, 2.05) is 0 Å². The van der Waals surface area contributed by atoms with Crippen LogP contribution in [0.5, 0.6) is 0 Å². The molecule has 4 rings (SSSR count). The van der Waals surface area contributed by atoms with Crippen LogP contribution in [0.1, 0.15) is 11.7 Å². The molecule has 0 unspecified atom stereocenters. The minimum Gasteiger partial charge on any atom is -0.368 e. The van der Waals surface area contributed by atoms with Gasteiger partial charge in [0, 0.05) is 0 Å². The number of hydrogen-bond acceptors (Lipinski definition) is 1. The number of hydrogen-bond donors (Lipinski definition) is 0. The molecule has 17 heavy (non-hydrogen) atoms. The molecule has 3 aromatic carbocycles. The Morgan fingerprint density at radius 2 is 1.59 bits per heavy atom. The van der Waals surface area contributed by atoms with Gasteiger partial charge in [-0.05, 0) is 27.1 Å². The first-order valence-electron chi connectivity index (χ1n) is 5.95. The van der Waals surface area contributed by atoms with Crippen molar-refractivity contribution in [3.8, 4) is 0 Å². The minimum atomic E-state index is 0.319. The molecule has 82 valence electrons. The van der Waals surface area contributed by atoms with Crippen LogP contribution in [0, 0.1) is 0 Å². The zero-order chi connectivity index (χ0) is 11.2. The highest BCUT2D eigenvalue weighted by atomic mass is 16.6. The number of epoxide rings is 1. The fourth-order valence-electron chi connectivity index (χ4n) is 2.57. The van der Waals surface area contributed by atoms with Crippen molar-refractivity contribution < 1.29 is 4.74 Å². The quantitative estimate of drug-likeness (QED) is 0.445. The van der Waals surface area contributed by atoms with Crippen LogP contribution in [0.25, 0.3) is 21.5 Å². The molecule has 1 heteroatoms. The first-order chi connectivity index (χ1) is 8.43. The first-order valence-corrected chi connectivity index (χ1v) is 5.95. The van der Waals surface area contributed by atoms with E-state index in [1.54, 1.807) is 0 Å². The van der Waals surface area contributed by atoms with Crippen molar-refractivity contribution in [3.63, 3.8) is 0 Å². The van der Waals surface area contributed by atoms with Gasteiger partial charge in [-0.15, -0.1) is 0 Å². The highest BCUT2D eigenvalue weighted by Gasteiger charge is 2.26. The summed E-state index contributed by atoms with van der Waals surface area (Å²) in [7, 11) is 0. The van der Waals surface area contributed by atoms with Gasteiger partial charge < -0.3 is 4.74 Å². The lowest BCUT2D eigenvalue weighted by Crippen LogP contribution is -1.85. The molecular weight excluding hydrogens is 208 g/mol. The van der Waals surface area contributed by atoms with Gasteiger partial charge in [-0.3, -0.25) is 0 Å². The molecule has 0 radical (unpaired) electrons. The fourth-order valence-corrected chi connectivity index (χ4v) is 2.57. The summed E-state index contributed by atoms with van der Waals surface area (Å²) in [5, 5.41) is 5.28. The molecule has 1 atom stereocenters. The average molecular weight is 220 g/mol. The Morgan fingerprint density at radius 3 is 2.47 bits per heavy atom. The Hall–Kier alpha value is -1.86. The van der Waals surface area contributed by atoms with Gasteiger partial charge in [0.15, 0.2) is 0 Å². The molecule has 0 N–H and O–H groups in total. The molecule has 0 saturated carbocycles. The van der Waals surface area contributed by atoms with Crippen LogP contribution < -0.4 is 0 Å². The van der Waals surface area contributed by atoms with E-state index in [0.29, 0.717) is 6.10 Å². The second-order valence-corrected chi connectivity index (χ2v) is 4.55. The van der Waals surface area contributed by atoms with E-state index >= 15 is 0 Å². The zero-order valence-corrected chi connectivity index (χ0v) is 9.39. The monoisotopic (exact) mass is 220 g/mol. The summed E-state index contributed by atoms with van der Waals surface area (Å²) in [6.45, 7) is 0.867. The van der Waals surface area contributed by atoms with Crippen LogP contribution in [0.4, 0.5) is 0 Å². The number of rotatable bonds is 1. The van der Waals surface area contributed by atoms with Crippen LogP contribution in [0.3, 0.4) is 0 Å². The molecule has 0 amide bonds. The Bertz CT molecular complexity index is 711. The number of fused-ring (bicyclic) bond motifs is 3. The molecule has 0 aromatic heterocycles. The van der Waals surface area contributed by atoms with E-state index in [4.69, 9.17) is 4.74 Å². The van der Waals surface area contributed by atoms with Gasteiger partial charge in [0.2, 0.25) is 0 Å². The van der Waals surface area contributed by atoms with Crippen LogP contribution in [0.15, 0.2) is 54.6 Å². The summed E-state index contributed by atoms with van der Waals surface area (Å²) in [4.78, 5) is 0. The molecule has 3 aromatic rings. The molecule has 0 spiro atoms. The van der Waals surface area contributed by atoms with Crippen LogP contribution in [-0.2, 0) is 4.74 Å². The lowest BCUT2D eigenvalue weighted by Gasteiger charge is -2.07. The summed E-state index contributed by atoms with van der Waals surface area (Å²) in [6.07, 6.45) is 0.319. The maximum absolute atomic E-state index is 5.41. The molecule has 0 bridgehead atoms. The smallest absolute Gasteiger partial charge is 0.107 e. The maximum Gasteiger partial charge on any atom is 0.107 e. The van der Waals surface area contributed by atoms with Crippen molar-refractivity contribution in [1.29, 1.82) is 0 Å². The van der Waals surface area contributed by atoms with Crippen molar-refractivity contribution in [2.24, 2.45) is 0 Å².